The molecule has 15 heavy (non-hydrogen) atoms. The molecular formula is C10H17N3O2. The first-order valence-electron chi connectivity index (χ1n) is 4.87. The van der Waals surface area contributed by atoms with Crippen molar-refractivity contribution in [2.45, 2.75) is 0 Å². The number of rotatable bonds is 4. The molecule has 0 aromatic carbocycles. The third-order valence-corrected chi connectivity index (χ3v) is 2.32. The van der Waals surface area contributed by atoms with E-state index < -0.39 is 0 Å². The minimum absolute atomic E-state index is 0.0191. The second-order valence-corrected chi connectivity index (χ2v) is 3.78. The molecule has 1 heterocycles. The zero-order valence-corrected chi connectivity index (χ0v) is 9.25. The molecule has 1 saturated heterocycles. The van der Waals surface area contributed by atoms with Crippen LogP contribution in [0.3, 0.4) is 0 Å². The Bertz CT molecular complexity index is 288. The molecule has 0 saturated carbocycles. The van der Waals surface area contributed by atoms with Crippen molar-refractivity contribution in [1.82, 2.24) is 15.1 Å². The Hall–Kier alpha value is -1.36. The highest BCUT2D eigenvalue weighted by atomic mass is 16.2. The summed E-state index contributed by atoms with van der Waals surface area (Å²) in [6.07, 6.45) is 0. The highest BCUT2D eigenvalue weighted by molar-refractivity contribution is 5.92. The van der Waals surface area contributed by atoms with Gasteiger partial charge in [-0.3, -0.25) is 9.59 Å². The zero-order chi connectivity index (χ0) is 11.4. The van der Waals surface area contributed by atoms with Crippen molar-refractivity contribution in [2.24, 2.45) is 0 Å². The summed E-state index contributed by atoms with van der Waals surface area (Å²) in [6.45, 7) is 5.29. The van der Waals surface area contributed by atoms with E-state index in [9.17, 15) is 9.59 Å². The second kappa shape index (κ2) is 4.93. The summed E-state index contributed by atoms with van der Waals surface area (Å²) in [4.78, 5) is 25.9. The molecule has 0 aromatic rings. The smallest absolute Gasteiger partial charge is 0.242 e. The average Bonchev–Trinajstić information content (AvgIpc) is 2.14. The van der Waals surface area contributed by atoms with Gasteiger partial charge in [-0.2, -0.15) is 0 Å². The zero-order valence-electron chi connectivity index (χ0n) is 9.25. The van der Waals surface area contributed by atoms with E-state index in [1.54, 1.807) is 11.9 Å². The summed E-state index contributed by atoms with van der Waals surface area (Å²) >= 11 is 0. The Balaban J connectivity index is 2.51. The Labute approximate surface area is 89.7 Å². The van der Waals surface area contributed by atoms with Gasteiger partial charge in [0.15, 0.2) is 0 Å². The number of carbonyl (C=O) groups excluding carboxylic acids is 2. The first-order valence-corrected chi connectivity index (χ1v) is 4.87. The molecule has 0 radical (unpaired) electrons. The maximum absolute atomic E-state index is 11.6. The van der Waals surface area contributed by atoms with E-state index in [1.807, 2.05) is 7.05 Å². The van der Waals surface area contributed by atoms with Crippen LogP contribution in [0.15, 0.2) is 12.2 Å². The van der Waals surface area contributed by atoms with Crippen molar-refractivity contribution in [3.8, 4) is 0 Å². The van der Waals surface area contributed by atoms with Gasteiger partial charge < -0.3 is 15.1 Å². The van der Waals surface area contributed by atoms with Gasteiger partial charge in [-0.05, 0) is 12.6 Å². The van der Waals surface area contributed by atoms with Crippen molar-refractivity contribution in [3.05, 3.63) is 12.2 Å². The lowest BCUT2D eigenvalue weighted by molar-refractivity contribution is -0.148. The fourth-order valence-corrected chi connectivity index (χ4v) is 1.48. The van der Waals surface area contributed by atoms with E-state index in [2.05, 4.69) is 11.9 Å². The number of amides is 2. The highest BCUT2D eigenvalue weighted by Gasteiger charge is 2.27. The fourth-order valence-electron chi connectivity index (χ4n) is 1.48. The van der Waals surface area contributed by atoms with Gasteiger partial charge in [0.2, 0.25) is 11.8 Å². The van der Waals surface area contributed by atoms with E-state index in [4.69, 9.17) is 0 Å². The van der Waals surface area contributed by atoms with Crippen molar-refractivity contribution >= 4 is 11.8 Å². The predicted octanol–water partition coefficient (Wildman–Crippen LogP) is -0.937. The lowest BCUT2D eigenvalue weighted by atomic mass is 10.2. The van der Waals surface area contributed by atoms with Crippen molar-refractivity contribution < 1.29 is 9.59 Å². The number of likely N-dealkylation sites (N-methyl/N-ethyl adjacent to an activating group) is 2. The first-order chi connectivity index (χ1) is 7.04. The molecule has 0 unspecified atom stereocenters. The van der Waals surface area contributed by atoms with Crippen LogP contribution in [0.25, 0.3) is 0 Å². The monoisotopic (exact) mass is 211 g/mol. The fraction of sp³-hybridized carbons (Fsp3) is 0.600. The number of nitrogens with zero attached hydrogens (tertiary/aromatic N) is 2. The quantitative estimate of drug-likeness (QED) is 0.611. The largest absolute Gasteiger partial charge is 0.335 e. The van der Waals surface area contributed by atoms with Gasteiger partial charge >= 0.3 is 0 Å². The maximum atomic E-state index is 11.6. The maximum Gasteiger partial charge on any atom is 0.242 e. The van der Waals surface area contributed by atoms with Crippen LogP contribution in [0.2, 0.25) is 0 Å². The third kappa shape index (κ3) is 3.06. The van der Waals surface area contributed by atoms with Gasteiger partial charge in [-0.1, -0.05) is 6.58 Å². The summed E-state index contributed by atoms with van der Waals surface area (Å²) in [5, 5.41) is 2.96. The molecule has 0 atom stereocenters. The molecule has 1 N–H and O–H groups in total. The number of piperazine rings is 1. The first kappa shape index (κ1) is 11.7. The van der Waals surface area contributed by atoms with Gasteiger partial charge in [0, 0.05) is 20.1 Å². The summed E-state index contributed by atoms with van der Waals surface area (Å²) in [7, 11) is 3.46. The van der Waals surface area contributed by atoms with Gasteiger partial charge in [0.1, 0.15) is 6.54 Å². The van der Waals surface area contributed by atoms with Crippen LogP contribution in [-0.2, 0) is 9.59 Å². The number of hydrogen-bond acceptors (Lipinski definition) is 3. The average molecular weight is 211 g/mol. The number of carbonyl (C=O) groups is 2. The Morgan fingerprint density at radius 2 is 2.07 bits per heavy atom. The van der Waals surface area contributed by atoms with E-state index in [0.29, 0.717) is 13.1 Å². The molecule has 1 rings (SSSR count). The van der Waals surface area contributed by atoms with Gasteiger partial charge in [-0.15, -0.1) is 0 Å². The molecule has 1 aliphatic heterocycles. The van der Waals surface area contributed by atoms with Crippen molar-refractivity contribution in [2.75, 3.05) is 40.3 Å². The van der Waals surface area contributed by atoms with E-state index >= 15 is 0 Å². The molecule has 5 heteroatoms. The standard InChI is InChI=1S/C10H17N3O2/c1-8(4-11-2)5-13-7-9(14)12(3)6-10(13)15/h11H,1,4-7H2,2-3H3. The van der Waals surface area contributed by atoms with Crippen LogP contribution in [-0.4, -0.2) is 61.9 Å². The van der Waals surface area contributed by atoms with Gasteiger partial charge in [0.25, 0.3) is 0 Å². The molecule has 84 valence electrons. The minimum atomic E-state index is -0.0214. The second-order valence-electron chi connectivity index (χ2n) is 3.78. The van der Waals surface area contributed by atoms with Crippen LogP contribution in [0.5, 0.6) is 0 Å². The Morgan fingerprint density at radius 3 is 2.67 bits per heavy atom. The summed E-state index contributed by atoms with van der Waals surface area (Å²) in [5.74, 6) is -0.0405. The Kier molecular flexibility index (Phi) is 3.85. The molecule has 0 bridgehead atoms. The van der Waals surface area contributed by atoms with E-state index in [-0.39, 0.29) is 24.9 Å². The molecule has 2 amide bonds. The summed E-state index contributed by atoms with van der Waals surface area (Å²) in [5.41, 5.74) is 0.906. The topological polar surface area (TPSA) is 52.7 Å². The predicted molar refractivity (Wildman–Crippen MR) is 57.3 cm³/mol. The van der Waals surface area contributed by atoms with Crippen LogP contribution in [0, 0.1) is 0 Å². The molecule has 0 spiro atoms. The van der Waals surface area contributed by atoms with Gasteiger partial charge in [0.05, 0.1) is 6.54 Å². The highest BCUT2D eigenvalue weighted by Crippen LogP contribution is 2.04. The lowest BCUT2D eigenvalue weighted by Gasteiger charge is -2.32. The molecule has 1 fully saturated rings. The van der Waals surface area contributed by atoms with Gasteiger partial charge in [-0.25, -0.2) is 0 Å². The van der Waals surface area contributed by atoms with E-state index in [0.717, 1.165) is 5.57 Å². The normalized spacial score (nSPS) is 17.2. The summed E-state index contributed by atoms with van der Waals surface area (Å²) < 4.78 is 0. The third-order valence-electron chi connectivity index (χ3n) is 2.32. The molecular weight excluding hydrogens is 194 g/mol. The number of hydrogen-bond donors (Lipinski definition) is 1. The van der Waals surface area contributed by atoms with Crippen LogP contribution in [0.1, 0.15) is 0 Å². The number of nitrogens with one attached hydrogen (secondary N) is 1. The van der Waals surface area contributed by atoms with E-state index in [1.165, 1.54) is 4.90 Å². The van der Waals surface area contributed by atoms with Crippen molar-refractivity contribution in [3.63, 3.8) is 0 Å². The van der Waals surface area contributed by atoms with Crippen LogP contribution < -0.4 is 5.32 Å². The summed E-state index contributed by atoms with van der Waals surface area (Å²) in [6, 6.07) is 0. The van der Waals surface area contributed by atoms with Crippen LogP contribution >= 0.6 is 0 Å². The lowest BCUT2D eigenvalue weighted by Crippen LogP contribution is -2.52. The molecule has 5 nitrogen and oxygen atoms in total. The molecule has 0 aliphatic carbocycles. The van der Waals surface area contributed by atoms with Crippen molar-refractivity contribution in [1.29, 1.82) is 0 Å². The Morgan fingerprint density at radius 1 is 1.40 bits per heavy atom. The molecule has 0 aromatic heterocycles. The van der Waals surface area contributed by atoms with Crippen LogP contribution in [0.4, 0.5) is 0 Å². The SMILES string of the molecule is C=C(CNC)CN1CC(=O)N(C)CC1=O. The molecule has 1 aliphatic rings. The minimum Gasteiger partial charge on any atom is -0.335 e.